The molecule has 1 saturated heterocycles. The molecule has 0 spiro atoms. The summed E-state index contributed by atoms with van der Waals surface area (Å²) in [6.45, 7) is 7.75. The molecule has 1 rings (SSSR count). The summed E-state index contributed by atoms with van der Waals surface area (Å²) in [6.07, 6.45) is 3.35. The Kier molecular flexibility index (Phi) is 5.09. The Labute approximate surface area is 92.6 Å². The molecule has 0 aromatic rings. The number of rotatable bonds is 4. The second-order valence-electron chi connectivity index (χ2n) is 4.78. The minimum absolute atomic E-state index is 0.0672. The average molecular weight is 213 g/mol. The summed E-state index contributed by atoms with van der Waals surface area (Å²) in [6, 6.07) is -0.0672. The standard InChI is InChI=1S/C12H23NO2/c1-4-15-12(14)11-8-10(5-6-13-11)7-9(2)3/h9-11,13H,4-8H2,1-3H3/t10-,11-/m0/s1. The van der Waals surface area contributed by atoms with Crippen LogP contribution in [0.3, 0.4) is 0 Å². The molecule has 1 N–H and O–H groups in total. The number of esters is 1. The van der Waals surface area contributed by atoms with Gasteiger partial charge in [-0.2, -0.15) is 0 Å². The topological polar surface area (TPSA) is 38.3 Å². The molecule has 1 fully saturated rings. The number of hydrogen-bond acceptors (Lipinski definition) is 3. The molecular formula is C12H23NO2. The second-order valence-corrected chi connectivity index (χ2v) is 4.78. The van der Waals surface area contributed by atoms with E-state index >= 15 is 0 Å². The highest BCUT2D eigenvalue weighted by molar-refractivity contribution is 5.75. The van der Waals surface area contributed by atoms with Gasteiger partial charge in [-0.3, -0.25) is 4.79 Å². The molecule has 0 aromatic heterocycles. The summed E-state index contributed by atoms with van der Waals surface area (Å²) in [5, 5.41) is 3.23. The van der Waals surface area contributed by atoms with Crippen molar-refractivity contribution in [1.29, 1.82) is 0 Å². The van der Waals surface area contributed by atoms with Crippen molar-refractivity contribution in [3.05, 3.63) is 0 Å². The second kappa shape index (κ2) is 6.11. The van der Waals surface area contributed by atoms with E-state index < -0.39 is 0 Å². The first kappa shape index (κ1) is 12.5. The SMILES string of the molecule is CCOC(=O)[C@@H]1C[C@H](CC(C)C)CCN1. The summed E-state index contributed by atoms with van der Waals surface area (Å²) in [4.78, 5) is 11.5. The van der Waals surface area contributed by atoms with Gasteiger partial charge < -0.3 is 10.1 Å². The number of carbonyl (C=O) groups excluding carboxylic acids is 1. The number of nitrogens with one attached hydrogen (secondary N) is 1. The monoisotopic (exact) mass is 213 g/mol. The maximum Gasteiger partial charge on any atom is 0.323 e. The Balaban J connectivity index is 2.38. The number of carbonyl (C=O) groups is 1. The third-order valence-electron chi connectivity index (χ3n) is 2.89. The fraction of sp³-hybridized carbons (Fsp3) is 0.917. The van der Waals surface area contributed by atoms with Crippen molar-refractivity contribution in [2.24, 2.45) is 11.8 Å². The molecule has 1 heterocycles. The maximum atomic E-state index is 11.5. The van der Waals surface area contributed by atoms with Crippen LogP contribution in [0.2, 0.25) is 0 Å². The largest absolute Gasteiger partial charge is 0.465 e. The van der Waals surface area contributed by atoms with Crippen LogP contribution in [0, 0.1) is 11.8 Å². The zero-order valence-corrected chi connectivity index (χ0v) is 10.1. The molecule has 0 unspecified atom stereocenters. The van der Waals surface area contributed by atoms with Gasteiger partial charge in [0.15, 0.2) is 0 Å². The first-order chi connectivity index (χ1) is 7.13. The van der Waals surface area contributed by atoms with E-state index in [9.17, 15) is 4.79 Å². The summed E-state index contributed by atoms with van der Waals surface area (Å²) in [7, 11) is 0. The van der Waals surface area contributed by atoms with E-state index in [1.54, 1.807) is 0 Å². The van der Waals surface area contributed by atoms with Crippen LogP contribution in [0.15, 0.2) is 0 Å². The molecule has 1 aliphatic rings. The van der Waals surface area contributed by atoms with Gasteiger partial charge in [0.25, 0.3) is 0 Å². The van der Waals surface area contributed by atoms with Crippen molar-refractivity contribution in [3.8, 4) is 0 Å². The van der Waals surface area contributed by atoms with Gasteiger partial charge in [0.05, 0.1) is 6.61 Å². The van der Waals surface area contributed by atoms with E-state index in [4.69, 9.17) is 4.74 Å². The zero-order chi connectivity index (χ0) is 11.3. The molecular weight excluding hydrogens is 190 g/mol. The quantitative estimate of drug-likeness (QED) is 0.726. The zero-order valence-electron chi connectivity index (χ0n) is 10.1. The Morgan fingerprint density at radius 2 is 2.27 bits per heavy atom. The molecule has 15 heavy (non-hydrogen) atoms. The predicted molar refractivity (Wildman–Crippen MR) is 60.6 cm³/mol. The van der Waals surface area contributed by atoms with Gasteiger partial charge in [-0.05, 0) is 44.6 Å². The van der Waals surface area contributed by atoms with Crippen molar-refractivity contribution >= 4 is 5.97 Å². The van der Waals surface area contributed by atoms with Crippen molar-refractivity contribution in [3.63, 3.8) is 0 Å². The summed E-state index contributed by atoms with van der Waals surface area (Å²) in [5.74, 6) is 1.32. The first-order valence-corrected chi connectivity index (χ1v) is 6.03. The molecule has 1 aliphatic heterocycles. The molecule has 0 radical (unpaired) electrons. The highest BCUT2D eigenvalue weighted by atomic mass is 16.5. The van der Waals surface area contributed by atoms with Gasteiger partial charge in [-0.1, -0.05) is 13.8 Å². The lowest BCUT2D eigenvalue weighted by Gasteiger charge is -2.29. The van der Waals surface area contributed by atoms with E-state index in [-0.39, 0.29) is 12.0 Å². The molecule has 2 atom stereocenters. The minimum atomic E-state index is -0.0778. The summed E-state index contributed by atoms with van der Waals surface area (Å²) < 4.78 is 5.03. The van der Waals surface area contributed by atoms with Gasteiger partial charge in [0, 0.05) is 0 Å². The van der Waals surface area contributed by atoms with Gasteiger partial charge in [0.1, 0.15) is 6.04 Å². The summed E-state index contributed by atoms with van der Waals surface area (Å²) >= 11 is 0. The minimum Gasteiger partial charge on any atom is -0.465 e. The lowest BCUT2D eigenvalue weighted by Crippen LogP contribution is -2.44. The van der Waals surface area contributed by atoms with Crippen LogP contribution in [0.5, 0.6) is 0 Å². The molecule has 0 bridgehead atoms. The van der Waals surface area contributed by atoms with Crippen LogP contribution in [0.1, 0.15) is 40.0 Å². The highest BCUT2D eigenvalue weighted by Crippen LogP contribution is 2.23. The molecule has 0 amide bonds. The third kappa shape index (κ3) is 4.20. The van der Waals surface area contributed by atoms with Crippen molar-refractivity contribution in [1.82, 2.24) is 5.32 Å². The van der Waals surface area contributed by atoms with Crippen LogP contribution < -0.4 is 5.32 Å². The highest BCUT2D eigenvalue weighted by Gasteiger charge is 2.27. The Morgan fingerprint density at radius 3 is 2.87 bits per heavy atom. The molecule has 3 heteroatoms. The van der Waals surface area contributed by atoms with E-state index in [0.29, 0.717) is 12.5 Å². The van der Waals surface area contributed by atoms with Crippen LogP contribution >= 0.6 is 0 Å². The predicted octanol–water partition coefficient (Wildman–Crippen LogP) is 1.96. The van der Waals surface area contributed by atoms with Crippen LogP contribution in [-0.4, -0.2) is 25.2 Å². The summed E-state index contributed by atoms with van der Waals surface area (Å²) in [5.41, 5.74) is 0. The molecule has 0 aliphatic carbocycles. The first-order valence-electron chi connectivity index (χ1n) is 6.03. The van der Waals surface area contributed by atoms with Gasteiger partial charge >= 0.3 is 5.97 Å². The van der Waals surface area contributed by atoms with E-state index in [2.05, 4.69) is 19.2 Å². The van der Waals surface area contributed by atoms with Crippen LogP contribution in [0.4, 0.5) is 0 Å². The van der Waals surface area contributed by atoms with Crippen LogP contribution in [0.25, 0.3) is 0 Å². The van der Waals surface area contributed by atoms with Crippen molar-refractivity contribution in [2.45, 2.75) is 46.1 Å². The lowest BCUT2D eigenvalue weighted by molar-refractivity contribution is -0.146. The van der Waals surface area contributed by atoms with E-state index in [0.717, 1.165) is 18.9 Å². The lowest BCUT2D eigenvalue weighted by atomic mass is 9.86. The smallest absolute Gasteiger partial charge is 0.323 e. The van der Waals surface area contributed by atoms with Crippen molar-refractivity contribution < 1.29 is 9.53 Å². The maximum absolute atomic E-state index is 11.5. The third-order valence-corrected chi connectivity index (χ3v) is 2.89. The normalized spacial score (nSPS) is 26.7. The fourth-order valence-corrected chi connectivity index (χ4v) is 2.30. The van der Waals surface area contributed by atoms with E-state index in [1.165, 1.54) is 12.8 Å². The van der Waals surface area contributed by atoms with Gasteiger partial charge in [0.2, 0.25) is 0 Å². The Bertz CT molecular complexity index is 204. The van der Waals surface area contributed by atoms with Crippen molar-refractivity contribution in [2.75, 3.05) is 13.2 Å². The number of ether oxygens (including phenoxy) is 1. The molecule has 3 nitrogen and oxygen atoms in total. The number of piperidine rings is 1. The van der Waals surface area contributed by atoms with Gasteiger partial charge in [-0.25, -0.2) is 0 Å². The van der Waals surface area contributed by atoms with Gasteiger partial charge in [-0.15, -0.1) is 0 Å². The van der Waals surface area contributed by atoms with E-state index in [1.807, 2.05) is 6.92 Å². The average Bonchev–Trinajstić information content (AvgIpc) is 2.17. The molecule has 0 aromatic carbocycles. The Hall–Kier alpha value is -0.570. The van der Waals surface area contributed by atoms with Crippen LogP contribution in [-0.2, 0) is 9.53 Å². The fourth-order valence-electron chi connectivity index (χ4n) is 2.30. The Morgan fingerprint density at radius 1 is 1.53 bits per heavy atom. The molecule has 0 saturated carbocycles. The number of hydrogen-bond donors (Lipinski definition) is 1. The molecule has 88 valence electrons.